The Hall–Kier alpha value is -2.42. The zero-order valence-electron chi connectivity index (χ0n) is 10.00. The summed E-state index contributed by atoms with van der Waals surface area (Å²) in [5.41, 5.74) is 2.14. The Morgan fingerprint density at radius 1 is 1.06 bits per heavy atom. The number of hydrogen-bond donors (Lipinski definition) is 0. The molecule has 3 aromatic rings. The van der Waals surface area contributed by atoms with E-state index in [0.717, 1.165) is 16.5 Å². The van der Waals surface area contributed by atoms with Gasteiger partial charge >= 0.3 is 0 Å². The summed E-state index contributed by atoms with van der Waals surface area (Å²) in [4.78, 5) is 16.1. The Morgan fingerprint density at radius 3 is 2.61 bits per heavy atom. The number of benzene rings is 1. The first-order valence-electron chi connectivity index (χ1n) is 5.76. The van der Waals surface area contributed by atoms with Gasteiger partial charge in [-0.1, -0.05) is 30.3 Å². The standard InChI is InChI=1S/C15H12N2O/c1-17-10-14(11-5-3-2-4-6-11)12-7-8-16-9-13(12)15(17)18/h2-10H,1H3. The Morgan fingerprint density at radius 2 is 1.83 bits per heavy atom. The molecule has 0 saturated heterocycles. The van der Waals surface area contributed by atoms with E-state index in [0.29, 0.717) is 5.39 Å². The summed E-state index contributed by atoms with van der Waals surface area (Å²) in [5, 5.41) is 1.60. The average molecular weight is 236 g/mol. The van der Waals surface area contributed by atoms with Gasteiger partial charge in [0.1, 0.15) is 0 Å². The van der Waals surface area contributed by atoms with Crippen LogP contribution in [0.25, 0.3) is 21.9 Å². The van der Waals surface area contributed by atoms with Crippen LogP contribution in [0.3, 0.4) is 0 Å². The molecule has 0 radical (unpaired) electrons. The lowest BCUT2D eigenvalue weighted by atomic mass is 10.0. The summed E-state index contributed by atoms with van der Waals surface area (Å²) >= 11 is 0. The third kappa shape index (κ3) is 1.61. The van der Waals surface area contributed by atoms with Crippen molar-refractivity contribution in [2.75, 3.05) is 0 Å². The van der Waals surface area contributed by atoms with Gasteiger partial charge in [0.05, 0.1) is 5.39 Å². The number of aryl methyl sites for hydroxylation is 1. The first-order valence-corrected chi connectivity index (χ1v) is 5.76. The van der Waals surface area contributed by atoms with E-state index in [1.165, 1.54) is 0 Å². The van der Waals surface area contributed by atoms with Gasteiger partial charge in [-0.2, -0.15) is 0 Å². The van der Waals surface area contributed by atoms with E-state index in [4.69, 9.17) is 0 Å². The minimum Gasteiger partial charge on any atom is -0.317 e. The smallest absolute Gasteiger partial charge is 0.259 e. The summed E-state index contributed by atoms with van der Waals surface area (Å²) in [7, 11) is 1.77. The molecule has 0 aliphatic heterocycles. The number of fused-ring (bicyclic) bond motifs is 1. The topological polar surface area (TPSA) is 34.9 Å². The van der Waals surface area contributed by atoms with Crippen LogP contribution in [0.1, 0.15) is 0 Å². The fraction of sp³-hybridized carbons (Fsp3) is 0.0667. The second kappa shape index (κ2) is 4.11. The molecule has 0 unspecified atom stereocenters. The second-order valence-corrected chi connectivity index (χ2v) is 4.25. The van der Waals surface area contributed by atoms with E-state index in [9.17, 15) is 4.79 Å². The van der Waals surface area contributed by atoms with Crippen molar-refractivity contribution < 1.29 is 0 Å². The summed E-state index contributed by atoms with van der Waals surface area (Å²) in [6, 6.07) is 11.9. The molecule has 2 aromatic heterocycles. The molecule has 3 nitrogen and oxygen atoms in total. The molecule has 2 heterocycles. The van der Waals surface area contributed by atoms with Gasteiger partial charge in [-0.05, 0) is 17.0 Å². The highest BCUT2D eigenvalue weighted by molar-refractivity contribution is 5.95. The molecule has 18 heavy (non-hydrogen) atoms. The molecule has 0 amide bonds. The molecule has 0 N–H and O–H groups in total. The molecule has 0 spiro atoms. The van der Waals surface area contributed by atoms with E-state index in [2.05, 4.69) is 4.98 Å². The normalized spacial score (nSPS) is 10.7. The molecule has 88 valence electrons. The van der Waals surface area contributed by atoms with Crippen molar-refractivity contribution in [1.82, 2.24) is 9.55 Å². The fourth-order valence-corrected chi connectivity index (χ4v) is 2.16. The van der Waals surface area contributed by atoms with Gasteiger partial charge in [0.25, 0.3) is 5.56 Å². The number of rotatable bonds is 1. The van der Waals surface area contributed by atoms with Gasteiger partial charge in [0.2, 0.25) is 0 Å². The van der Waals surface area contributed by atoms with E-state index in [1.807, 2.05) is 42.6 Å². The maximum absolute atomic E-state index is 12.0. The van der Waals surface area contributed by atoms with Crippen molar-refractivity contribution >= 4 is 10.8 Å². The van der Waals surface area contributed by atoms with E-state index < -0.39 is 0 Å². The highest BCUT2D eigenvalue weighted by atomic mass is 16.1. The van der Waals surface area contributed by atoms with Crippen LogP contribution in [-0.2, 0) is 7.05 Å². The molecule has 0 fully saturated rings. The van der Waals surface area contributed by atoms with Crippen LogP contribution in [0, 0.1) is 0 Å². The van der Waals surface area contributed by atoms with Crippen molar-refractivity contribution in [3.8, 4) is 11.1 Å². The number of pyridine rings is 2. The van der Waals surface area contributed by atoms with Crippen LogP contribution in [0.2, 0.25) is 0 Å². The molecule has 3 heteroatoms. The van der Waals surface area contributed by atoms with Gasteiger partial charge in [0.15, 0.2) is 0 Å². The van der Waals surface area contributed by atoms with Crippen molar-refractivity contribution in [2.24, 2.45) is 7.05 Å². The predicted octanol–water partition coefficient (Wildman–Crippen LogP) is 2.60. The Labute approximate surface area is 104 Å². The molecule has 0 saturated carbocycles. The van der Waals surface area contributed by atoms with Crippen LogP contribution in [0.15, 0.2) is 59.8 Å². The van der Waals surface area contributed by atoms with Gasteiger partial charge in [-0.3, -0.25) is 9.78 Å². The van der Waals surface area contributed by atoms with Crippen molar-refractivity contribution in [1.29, 1.82) is 0 Å². The van der Waals surface area contributed by atoms with Gasteiger partial charge in [-0.15, -0.1) is 0 Å². The molecular formula is C15H12N2O. The summed E-state index contributed by atoms with van der Waals surface area (Å²) in [6.45, 7) is 0. The van der Waals surface area contributed by atoms with E-state index in [1.54, 1.807) is 24.0 Å². The molecular weight excluding hydrogens is 224 g/mol. The molecule has 0 aliphatic rings. The van der Waals surface area contributed by atoms with Crippen molar-refractivity contribution in [2.45, 2.75) is 0 Å². The van der Waals surface area contributed by atoms with Crippen LogP contribution in [0.4, 0.5) is 0 Å². The number of nitrogens with zero attached hydrogens (tertiary/aromatic N) is 2. The lowest BCUT2D eigenvalue weighted by Gasteiger charge is -2.08. The Kier molecular flexibility index (Phi) is 2.45. The van der Waals surface area contributed by atoms with Crippen LogP contribution < -0.4 is 5.56 Å². The fourth-order valence-electron chi connectivity index (χ4n) is 2.16. The average Bonchev–Trinajstić information content (AvgIpc) is 2.44. The molecule has 3 rings (SSSR count). The zero-order valence-corrected chi connectivity index (χ0v) is 10.00. The molecule has 0 bridgehead atoms. The SMILES string of the molecule is Cn1cc(-c2ccccc2)c2ccncc2c1=O. The minimum absolute atomic E-state index is 0.0159. The zero-order chi connectivity index (χ0) is 12.5. The predicted molar refractivity (Wildman–Crippen MR) is 72.4 cm³/mol. The Bertz CT molecular complexity index is 760. The quantitative estimate of drug-likeness (QED) is 0.651. The molecule has 1 aromatic carbocycles. The number of hydrogen-bond acceptors (Lipinski definition) is 2. The third-order valence-electron chi connectivity index (χ3n) is 3.07. The lowest BCUT2D eigenvalue weighted by Crippen LogP contribution is -2.16. The van der Waals surface area contributed by atoms with E-state index in [-0.39, 0.29) is 5.56 Å². The summed E-state index contributed by atoms with van der Waals surface area (Å²) in [6.07, 6.45) is 5.22. The molecule has 0 atom stereocenters. The monoisotopic (exact) mass is 236 g/mol. The number of aromatic nitrogens is 2. The van der Waals surface area contributed by atoms with Crippen molar-refractivity contribution in [3.63, 3.8) is 0 Å². The lowest BCUT2D eigenvalue weighted by molar-refractivity contribution is 0.874. The maximum Gasteiger partial charge on any atom is 0.259 e. The second-order valence-electron chi connectivity index (χ2n) is 4.25. The minimum atomic E-state index is -0.0159. The van der Waals surface area contributed by atoms with Gasteiger partial charge in [-0.25, -0.2) is 0 Å². The van der Waals surface area contributed by atoms with Crippen LogP contribution in [-0.4, -0.2) is 9.55 Å². The van der Waals surface area contributed by atoms with Crippen LogP contribution in [0.5, 0.6) is 0 Å². The first-order chi connectivity index (χ1) is 8.77. The highest BCUT2D eigenvalue weighted by Gasteiger charge is 2.08. The highest BCUT2D eigenvalue weighted by Crippen LogP contribution is 2.25. The first kappa shape index (κ1) is 10.7. The Balaban J connectivity index is 2.44. The van der Waals surface area contributed by atoms with Crippen LogP contribution >= 0.6 is 0 Å². The van der Waals surface area contributed by atoms with Gasteiger partial charge in [0, 0.05) is 31.2 Å². The molecule has 0 aliphatic carbocycles. The summed E-state index contributed by atoms with van der Waals surface area (Å²) < 4.78 is 1.60. The van der Waals surface area contributed by atoms with Gasteiger partial charge < -0.3 is 4.57 Å². The third-order valence-corrected chi connectivity index (χ3v) is 3.07. The van der Waals surface area contributed by atoms with Crippen molar-refractivity contribution in [3.05, 3.63) is 65.3 Å². The summed E-state index contributed by atoms with van der Waals surface area (Å²) in [5.74, 6) is 0. The van der Waals surface area contributed by atoms with E-state index >= 15 is 0 Å². The largest absolute Gasteiger partial charge is 0.317 e. The maximum atomic E-state index is 12.0.